The standard InChI is InChI=1S/C17H23N3O3/c1-18-9-11-19(12-10-18)17(22)15-7-8-16(21)20(15)13-3-5-14(23-2)6-4-13/h3-6,15H,7-12H2,1-2H3. The van der Waals surface area contributed by atoms with Crippen molar-refractivity contribution in [1.82, 2.24) is 9.80 Å². The second kappa shape index (κ2) is 6.58. The fourth-order valence-electron chi connectivity index (χ4n) is 3.22. The number of anilines is 1. The van der Waals surface area contributed by atoms with Crippen molar-refractivity contribution in [1.29, 1.82) is 0 Å². The predicted octanol–water partition coefficient (Wildman–Crippen LogP) is 0.965. The van der Waals surface area contributed by atoms with Crippen LogP contribution in [0, 0.1) is 0 Å². The van der Waals surface area contributed by atoms with Gasteiger partial charge in [-0.3, -0.25) is 14.5 Å². The Morgan fingerprint density at radius 1 is 1.13 bits per heavy atom. The molecule has 2 aliphatic heterocycles. The van der Waals surface area contributed by atoms with E-state index in [9.17, 15) is 9.59 Å². The summed E-state index contributed by atoms with van der Waals surface area (Å²) in [5.74, 6) is 0.824. The van der Waals surface area contributed by atoms with Crippen molar-refractivity contribution in [3.8, 4) is 5.75 Å². The van der Waals surface area contributed by atoms with Gasteiger partial charge < -0.3 is 14.5 Å². The molecule has 0 aliphatic carbocycles. The number of hydrogen-bond donors (Lipinski definition) is 0. The van der Waals surface area contributed by atoms with Crippen molar-refractivity contribution < 1.29 is 14.3 Å². The first-order chi connectivity index (χ1) is 11.1. The molecule has 0 radical (unpaired) electrons. The first-order valence-electron chi connectivity index (χ1n) is 8.03. The fourth-order valence-corrected chi connectivity index (χ4v) is 3.22. The third kappa shape index (κ3) is 3.17. The smallest absolute Gasteiger partial charge is 0.245 e. The molecule has 1 aromatic carbocycles. The van der Waals surface area contributed by atoms with Crippen LogP contribution in [0.15, 0.2) is 24.3 Å². The van der Waals surface area contributed by atoms with Crippen LogP contribution in [0.1, 0.15) is 12.8 Å². The third-order valence-electron chi connectivity index (χ3n) is 4.66. The molecule has 2 fully saturated rings. The number of benzene rings is 1. The minimum absolute atomic E-state index is 0.0163. The summed E-state index contributed by atoms with van der Waals surface area (Å²) < 4.78 is 5.15. The lowest BCUT2D eigenvalue weighted by molar-refractivity contribution is -0.134. The number of likely N-dealkylation sites (N-methyl/N-ethyl adjacent to an activating group) is 1. The minimum atomic E-state index is -0.376. The molecule has 6 nitrogen and oxygen atoms in total. The topological polar surface area (TPSA) is 53.1 Å². The molecular weight excluding hydrogens is 294 g/mol. The number of rotatable bonds is 3. The Labute approximate surface area is 136 Å². The van der Waals surface area contributed by atoms with Gasteiger partial charge in [0.15, 0.2) is 0 Å². The van der Waals surface area contributed by atoms with Crippen molar-refractivity contribution >= 4 is 17.5 Å². The van der Waals surface area contributed by atoms with E-state index in [2.05, 4.69) is 11.9 Å². The van der Waals surface area contributed by atoms with Crippen LogP contribution in [-0.2, 0) is 9.59 Å². The van der Waals surface area contributed by atoms with E-state index in [-0.39, 0.29) is 17.9 Å². The van der Waals surface area contributed by atoms with E-state index in [4.69, 9.17) is 4.74 Å². The van der Waals surface area contributed by atoms with Gasteiger partial charge in [-0.05, 0) is 37.7 Å². The van der Waals surface area contributed by atoms with Gasteiger partial charge in [0.25, 0.3) is 0 Å². The van der Waals surface area contributed by atoms with Crippen LogP contribution in [0.4, 0.5) is 5.69 Å². The predicted molar refractivity (Wildman–Crippen MR) is 87.6 cm³/mol. The van der Waals surface area contributed by atoms with Crippen LogP contribution in [-0.4, -0.2) is 68.0 Å². The van der Waals surface area contributed by atoms with Gasteiger partial charge in [-0.25, -0.2) is 0 Å². The summed E-state index contributed by atoms with van der Waals surface area (Å²) in [5.41, 5.74) is 0.765. The fraction of sp³-hybridized carbons (Fsp3) is 0.529. The first kappa shape index (κ1) is 15.8. The quantitative estimate of drug-likeness (QED) is 0.833. The van der Waals surface area contributed by atoms with E-state index < -0.39 is 0 Å². The van der Waals surface area contributed by atoms with Gasteiger partial charge in [0, 0.05) is 38.3 Å². The Morgan fingerprint density at radius 2 is 1.78 bits per heavy atom. The van der Waals surface area contributed by atoms with Gasteiger partial charge in [0.2, 0.25) is 11.8 Å². The molecule has 3 rings (SSSR count). The summed E-state index contributed by atoms with van der Waals surface area (Å²) in [6, 6.07) is 6.94. The molecule has 0 aromatic heterocycles. The maximum atomic E-state index is 12.8. The number of ether oxygens (including phenoxy) is 1. The number of carbonyl (C=O) groups is 2. The lowest BCUT2D eigenvalue weighted by atomic mass is 10.1. The minimum Gasteiger partial charge on any atom is -0.497 e. The molecule has 23 heavy (non-hydrogen) atoms. The van der Waals surface area contributed by atoms with Crippen LogP contribution in [0.3, 0.4) is 0 Å². The number of nitrogens with zero attached hydrogens (tertiary/aromatic N) is 3. The molecule has 0 bridgehead atoms. The molecular formula is C17H23N3O3. The van der Waals surface area contributed by atoms with Crippen LogP contribution in [0.2, 0.25) is 0 Å². The van der Waals surface area contributed by atoms with Gasteiger partial charge in [0.05, 0.1) is 7.11 Å². The highest BCUT2D eigenvalue weighted by Crippen LogP contribution is 2.29. The molecule has 0 N–H and O–H groups in total. The highest BCUT2D eigenvalue weighted by molar-refractivity contribution is 6.03. The van der Waals surface area contributed by atoms with Gasteiger partial charge in [-0.2, -0.15) is 0 Å². The van der Waals surface area contributed by atoms with E-state index in [1.165, 1.54) is 0 Å². The summed E-state index contributed by atoms with van der Waals surface area (Å²) >= 11 is 0. The molecule has 2 amide bonds. The molecule has 0 spiro atoms. The monoisotopic (exact) mass is 317 g/mol. The molecule has 1 atom stereocenters. The Morgan fingerprint density at radius 3 is 2.39 bits per heavy atom. The number of piperazine rings is 1. The summed E-state index contributed by atoms with van der Waals surface area (Å²) in [6.45, 7) is 3.23. The molecule has 2 heterocycles. The maximum Gasteiger partial charge on any atom is 0.245 e. The molecule has 124 valence electrons. The number of methoxy groups -OCH3 is 1. The van der Waals surface area contributed by atoms with Crippen molar-refractivity contribution in [2.75, 3.05) is 45.2 Å². The van der Waals surface area contributed by atoms with E-state index in [1.807, 2.05) is 29.2 Å². The summed E-state index contributed by atoms with van der Waals surface area (Å²) in [7, 11) is 3.67. The van der Waals surface area contributed by atoms with Crippen molar-refractivity contribution in [2.45, 2.75) is 18.9 Å². The molecule has 6 heteroatoms. The summed E-state index contributed by atoms with van der Waals surface area (Å²) in [4.78, 5) is 30.9. The molecule has 1 unspecified atom stereocenters. The van der Waals surface area contributed by atoms with Crippen molar-refractivity contribution in [3.63, 3.8) is 0 Å². The number of amides is 2. The van der Waals surface area contributed by atoms with Gasteiger partial charge in [0.1, 0.15) is 11.8 Å². The van der Waals surface area contributed by atoms with Crippen LogP contribution in [0.5, 0.6) is 5.75 Å². The van der Waals surface area contributed by atoms with E-state index >= 15 is 0 Å². The zero-order valence-electron chi connectivity index (χ0n) is 13.7. The van der Waals surface area contributed by atoms with Gasteiger partial charge in [-0.15, -0.1) is 0 Å². The average molecular weight is 317 g/mol. The second-order valence-electron chi connectivity index (χ2n) is 6.14. The molecule has 2 saturated heterocycles. The maximum absolute atomic E-state index is 12.8. The van der Waals surface area contributed by atoms with Gasteiger partial charge in [-0.1, -0.05) is 0 Å². The molecule has 1 aromatic rings. The van der Waals surface area contributed by atoms with Crippen molar-refractivity contribution in [3.05, 3.63) is 24.3 Å². The Hall–Kier alpha value is -2.08. The Balaban J connectivity index is 1.77. The van der Waals surface area contributed by atoms with Crippen LogP contribution < -0.4 is 9.64 Å². The SMILES string of the molecule is COc1ccc(N2C(=O)CCC2C(=O)N2CCN(C)CC2)cc1. The summed E-state index contributed by atoms with van der Waals surface area (Å²) in [6.07, 6.45) is 1.02. The zero-order chi connectivity index (χ0) is 16.4. The van der Waals surface area contributed by atoms with Crippen molar-refractivity contribution in [2.24, 2.45) is 0 Å². The Bertz CT molecular complexity index is 579. The van der Waals surface area contributed by atoms with E-state index in [0.717, 1.165) is 37.6 Å². The lowest BCUT2D eigenvalue weighted by Crippen LogP contribution is -2.53. The third-order valence-corrected chi connectivity index (χ3v) is 4.66. The number of hydrogen-bond acceptors (Lipinski definition) is 4. The highest BCUT2D eigenvalue weighted by atomic mass is 16.5. The normalized spacial score (nSPS) is 22.5. The van der Waals surface area contributed by atoms with E-state index in [0.29, 0.717) is 12.8 Å². The Kier molecular flexibility index (Phi) is 4.52. The number of carbonyl (C=O) groups excluding carboxylic acids is 2. The van der Waals surface area contributed by atoms with E-state index in [1.54, 1.807) is 12.0 Å². The molecule has 0 saturated carbocycles. The lowest BCUT2D eigenvalue weighted by Gasteiger charge is -2.35. The van der Waals surface area contributed by atoms with Gasteiger partial charge >= 0.3 is 0 Å². The summed E-state index contributed by atoms with van der Waals surface area (Å²) in [5, 5.41) is 0. The zero-order valence-corrected chi connectivity index (χ0v) is 13.7. The highest BCUT2D eigenvalue weighted by Gasteiger charge is 2.39. The van der Waals surface area contributed by atoms with Crippen LogP contribution in [0.25, 0.3) is 0 Å². The van der Waals surface area contributed by atoms with Crippen LogP contribution >= 0.6 is 0 Å². The largest absolute Gasteiger partial charge is 0.497 e. The molecule has 2 aliphatic rings. The second-order valence-corrected chi connectivity index (χ2v) is 6.14. The average Bonchev–Trinajstić information content (AvgIpc) is 2.96. The first-order valence-corrected chi connectivity index (χ1v) is 8.03.